The fourth-order valence-electron chi connectivity index (χ4n) is 5.52. The summed E-state index contributed by atoms with van der Waals surface area (Å²) in [6.07, 6.45) is -10.7. The Labute approximate surface area is 293 Å². The number of aromatic nitrogens is 8. The first-order valence-electron chi connectivity index (χ1n) is 14.8. The molecule has 0 aromatic carbocycles. The number of anilines is 2. The maximum atomic E-state index is 13.1. The SMILES string of the molecule is COP(=O)(OC[C@H]1O[C@@H]([n+]2cn(C)c3c(=O)[nH]c(N)nc32)C(O)C1O)OP(=O)(O)OP(=O)(O)OC[C@H]1O[C@@H](n2cnc3c(=O)[nH]c(N)nc32)C(O)C1O. The number of phosphoric acid groups is 3. The number of fused-ring (bicyclic) bond motifs is 2. The zero-order valence-electron chi connectivity index (χ0n) is 26.9. The van der Waals surface area contributed by atoms with Crippen LogP contribution in [0.3, 0.4) is 0 Å². The van der Waals surface area contributed by atoms with E-state index in [9.17, 15) is 53.5 Å². The number of nitrogens with two attached hydrogens (primary N) is 2. The van der Waals surface area contributed by atoms with Crippen molar-refractivity contribution in [2.24, 2.45) is 7.05 Å². The molecule has 2 fully saturated rings. The van der Waals surface area contributed by atoms with Gasteiger partial charge in [-0.1, -0.05) is 4.98 Å². The first-order valence-corrected chi connectivity index (χ1v) is 19.2. The van der Waals surface area contributed by atoms with Gasteiger partial charge in [0.25, 0.3) is 17.1 Å². The molecule has 2 aliphatic heterocycles. The first kappa shape index (κ1) is 39.2. The molecule has 0 aliphatic carbocycles. The summed E-state index contributed by atoms with van der Waals surface area (Å²) < 4.78 is 75.8. The third kappa shape index (κ3) is 7.72. The molecule has 4 aromatic rings. The molecule has 292 valence electrons. The lowest BCUT2D eigenvalue weighted by Crippen LogP contribution is -2.46. The molecule has 12 N–H and O–H groups in total. The second-order valence-electron chi connectivity index (χ2n) is 11.4. The van der Waals surface area contributed by atoms with E-state index in [2.05, 4.69) is 42.6 Å². The number of aromatic amines is 2. The van der Waals surface area contributed by atoms with Gasteiger partial charge in [0.2, 0.25) is 17.7 Å². The molecule has 28 nitrogen and oxygen atoms in total. The van der Waals surface area contributed by atoms with Crippen molar-refractivity contribution in [3.8, 4) is 0 Å². The van der Waals surface area contributed by atoms with Gasteiger partial charge in [-0.05, 0) is 0 Å². The minimum atomic E-state index is -5.89. The lowest BCUT2D eigenvalue weighted by Gasteiger charge is -2.22. The molecule has 0 amide bonds. The van der Waals surface area contributed by atoms with E-state index in [-0.39, 0.29) is 34.2 Å². The summed E-state index contributed by atoms with van der Waals surface area (Å²) in [7, 11) is -14.6. The maximum absolute atomic E-state index is 13.1. The maximum Gasteiger partial charge on any atom is 0.490 e. The van der Waals surface area contributed by atoms with Crippen LogP contribution in [-0.2, 0) is 52.4 Å². The molecule has 4 aromatic heterocycles. The van der Waals surface area contributed by atoms with Crippen LogP contribution in [0.4, 0.5) is 11.9 Å². The number of aliphatic hydroxyl groups excluding tert-OH is 4. The highest BCUT2D eigenvalue weighted by Crippen LogP contribution is 2.69. The molecule has 0 radical (unpaired) electrons. The number of H-pyrrole nitrogens is 2. The van der Waals surface area contributed by atoms with Crippen molar-refractivity contribution in [3.63, 3.8) is 0 Å². The van der Waals surface area contributed by atoms with Crippen LogP contribution >= 0.6 is 23.5 Å². The Kier molecular flexibility index (Phi) is 10.6. The van der Waals surface area contributed by atoms with Crippen LogP contribution in [0.2, 0.25) is 0 Å². The van der Waals surface area contributed by atoms with E-state index in [1.54, 1.807) is 0 Å². The molecular weight excluding hydrogens is 785 g/mol. The highest BCUT2D eigenvalue weighted by molar-refractivity contribution is 7.67. The number of nitrogen functional groups attached to an aromatic ring is 2. The lowest BCUT2D eigenvalue weighted by atomic mass is 10.1. The molecule has 6 rings (SSSR count). The Hall–Kier alpha value is -3.53. The van der Waals surface area contributed by atoms with Crippen molar-refractivity contribution >= 4 is 57.7 Å². The number of nitrogens with one attached hydrogen (secondary N) is 2. The van der Waals surface area contributed by atoms with Crippen molar-refractivity contribution in [2.75, 3.05) is 31.8 Å². The van der Waals surface area contributed by atoms with Crippen LogP contribution in [0.25, 0.3) is 22.3 Å². The number of phosphoric ester groups is 2. The monoisotopic (exact) mass is 817 g/mol. The Balaban J connectivity index is 1.07. The predicted octanol–water partition coefficient (Wildman–Crippen LogP) is -3.89. The molecule has 0 spiro atoms. The number of aryl methyl sites for hydroxylation is 1. The molecule has 31 heteroatoms. The second-order valence-corrected chi connectivity index (χ2v) is 16.4. The van der Waals surface area contributed by atoms with Crippen molar-refractivity contribution in [1.29, 1.82) is 0 Å². The highest BCUT2D eigenvalue weighted by Gasteiger charge is 2.50. The van der Waals surface area contributed by atoms with Gasteiger partial charge in [0.1, 0.15) is 36.6 Å². The molecule has 0 saturated carbocycles. The number of nitrogens with zero attached hydrogens (tertiary/aromatic N) is 6. The van der Waals surface area contributed by atoms with Gasteiger partial charge in [-0.3, -0.25) is 42.3 Å². The zero-order valence-corrected chi connectivity index (χ0v) is 29.6. The Morgan fingerprint density at radius 2 is 1.51 bits per heavy atom. The molecule has 11 atom stereocenters. The predicted molar refractivity (Wildman–Crippen MR) is 169 cm³/mol. The number of aliphatic hydroxyl groups is 4. The number of imidazole rings is 2. The van der Waals surface area contributed by atoms with Crippen LogP contribution in [-0.4, -0.2) is 121 Å². The van der Waals surface area contributed by atoms with E-state index >= 15 is 0 Å². The van der Waals surface area contributed by atoms with Crippen LogP contribution < -0.4 is 27.2 Å². The van der Waals surface area contributed by atoms with Gasteiger partial charge in [0, 0.05) is 7.11 Å². The van der Waals surface area contributed by atoms with Crippen molar-refractivity contribution in [3.05, 3.63) is 33.4 Å². The number of rotatable bonds is 13. The molecule has 6 heterocycles. The van der Waals surface area contributed by atoms with Gasteiger partial charge in [0.15, 0.2) is 23.7 Å². The van der Waals surface area contributed by atoms with Crippen LogP contribution in [0.15, 0.2) is 22.2 Å². The third-order valence-electron chi connectivity index (χ3n) is 7.90. The highest BCUT2D eigenvalue weighted by atomic mass is 31.3. The Morgan fingerprint density at radius 1 is 0.887 bits per heavy atom. The summed E-state index contributed by atoms with van der Waals surface area (Å²) in [5, 5.41) is 42.3. The van der Waals surface area contributed by atoms with Gasteiger partial charge in [-0.25, -0.2) is 23.2 Å². The largest absolute Gasteiger partial charge is 0.490 e. The Bertz CT molecular complexity index is 2300. The van der Waals surface area contributed by atoms with E-state index in [1.165, 1.54) is 22.5 Å². The summed E-state index contributed by atoms with van der Waals surface area (Å²) in [5.41, 5.74) is 9.52. The average Bonchev–Trinajstić information content (AvgIpc) is 3.78. The molecule has 2 aliphatic rings. The van der Waals surface area contributed by atoms with Gasteiger partial charge < -0.3 is 51.2 Å². The average molecular weight is 817 g/mol. The molecule has 53 heavy (non-hydrogen) atoms. The van der Waals surface area contributed by atoms with Crippen LogP contribution in [0.1, 0.15) is 12.5 Å². The van der Waals surface area contributed by atoms with Gasteiger partial charge in [-0.2, -0.15) is 13.6 Å². The number of hydrogen-bond acceptors (Lipinski definition) is 21. The summed E-state index contributed by atoms with van der Waals surface area (Å²) >= 11 is 0. The minimum absolute atomic E-state index is 0.0321. The molecule has 0 bridgehead atoms. The van der Waals surface area contributed by atoms with E-state index in [4.69, 9.17) is 25.5 Å². The molecule has 2 saturated heterocycles. The van der Waals surface area contributed by atoms with Gasteiger partial charge >= 0.3 is 29.1 Å². The van der Waals surface area contributed by atoms with Crippen LogP contribution in [0.5, 0.6) is 0 Å². The Morgan fingerprint density at radius 3 is 2.21 bits per heavy atom. The topological polar surface area (TPSA) is 407 Å². The summed E-state index contributed by atoms with van der Waals surface area (Å²) in [5.74, 6) is -0.562. The van der Waals surface area contributed by atoms with Crippen molar-refractivity contribution < 1.29 is 80.1 Å². The van der Waals surface area contributed by atoms with Crippen LogP contribution in [0, 0.1) is 0 Å². The summed E-state index contributed by atoms with van der Waals surface area (Å²) in [4.78, 5) is 61.0. The molecule has 7 unspecified atom stereocenters. The minimum Gasteiger partial charge on any atom is -0.387 e. The third-order valence-corrected chi connectivity index (χ3v) is 12.6. The van der Waals surface area contributed by atoms with E-state index in [0.29, 0.717) is 7.11 Å². The standard InChI is InChI=1S/C22H31N10O18P3/c1-30-6-32(16-10(30)18(38)29-22(24)27-16)20-14(36)12(34)8(48-20)4-46-53(43,44-2)50-52(41,42)49-51(39,40)45-3-7-11(33)13(35)19(47-7)31-5-25-9-15(31)26-21(23)28-17(9)37/h5-8,11-14,19-20,33-36H,3-4H2,1-2H3,(H7-,23,24,26,27,28,29,37,38,39,40,41,42)/p+1/t7-,8-,11?,12?,13?,14?,19-,20-,53?/m1/s1. The smallest absolute Gasteiger partial charge is 0.387 e. The number of ether oxygens (including phenoxy) is 2. The van der Waals surface area contributed by atoms with Gasteiger partial charge in [0.05, 0.1) is 26.6 Å². The fraction of sp³-hybridized carbons (Fsp3) is 0.545. The van der Waals surface area contributed by atoms with E-state index < -0.39 is 96.9 Å². The van der Waals surface area contributed by atoms with Crippen molar-refractivity contribution in [2.45, 2.75) is 49.1 Å². The van der Waals surface area contributed by atoms with E-state index in [0.717, 1.165) is 10.9 Å². The van der Waals surface area contributed by atoms with E-state index in [1.807, 2.05) is 0 Å². The zero-order chi connectivity index (χ0) is 38.8. The summed E-state index contributed by atoms with van der Waals surface area (Å²) in [6.45, 7) is -2.01. The van der Waals surface area contributed by atoms with Gasteiger partial charge in [-0.15, -0.1) is 0 Å². The lowest BCUT2D eigenvalue weighted by molar-refractivity contribution is -0.745. The second kappa shape index (κ2) is 14.3. The summed E-state index contributed by atoms with van der Waals surface area (Å²) in [6, 6.07) is 0. The normalized spacial score (nSPS) is 29.7. The van der Waals surface area contributed by atoms with Crippen molar-refractivity contribution in [1.82, 2.24) is 34.1 Å². The molecular formula is C22H32N10O18P3+. The quantitative estimate of drug-likeness (QED) is 0.0455. The first-order chi connectivity index (χ1) is 24.7. The number of hydrogen-bond donors (Lipinski definition) is 10. The fourth-order valence-corrected chi connectivity index (χ4v) is 9.37.